The van der Waals surface area contributed by atoms with Crippen LogP contribution >= 0.6 is 0 Å². The Hall–Kier alpha value is -1.14. The number of amides is 1. The molecule has 1 amide bonds. The summed E-state index contributed by atoms with van der Waals surface area (Å²) in [7, 11) is 1.48. The van der Waals surface area contributed by atoms with E-state index in [-0.39, 0.29) is 31.6 Å². The number of methoxy groups -OCH3 is 1. The molecule has 0 heterocycles. The molecule has 6 nitrogen and oxygen atoms in total. The maximum absolute atomic E-state index is 12.0. The van der Waals surface area contributed by atoms with E-state index in [0.717, 1.165) is 19.3 Å². The van der Waals surface area contributed by atoms with Gasteiger partial charge < -0.3 is 19.9 Å². The van der Waals surface area contributed by atoms with Crippen LogP contribution < -0.4 is 5.32 Å². The van der Waals surface area contributed by atoms with Crippen LogP contribution in [-0.2, 0) is 19.1 Å². The highest BCUT2D eigenvalue weighted by atomic mass is 16.5. The summed E-state index contributed by atoms with van der Waals surface area (Å²) in [6.45, 7) is 3.91. The molecule has 0 aromatic carbocycles. The van der Waals surface area contributed by atoms with Crippen LogP contribution in [0.3, 0.4) is 0 Å². The molecular weight excluding hydrogens is 274 g/mol. The largest absolute Gasteiger partial charge is 0.481 e. The van der Waals surface area contributed by atoms with E-state index in [9.17, 15) is 9.59 Å². The zero-order valence-electron chi connectivity index (χ0n) is 13.2. The predicted molar refractivity (Wildman–Crippen MR) is 78.0 cm³/mol. The minimum atomic E-state index is -0.975. The second-order valence-corrected chi connectivity index (χ2v) is 6.22. The maximum Gasteiger partial charge on any atom is 0.305 e. The quantitative estimate of drug-likeness (QED) is 0.711. The molecule has 21 heavy (non-hydrogen) atoms. The zero-order valence-corrected chi connectivity index (χ0v) is 13.2. The van der Waals surface area contributed by atoms with Crippen LogP contribution in [0, 0.1) is 5.92 Å². The smallest absolute Gasteiger partial charge is 0.305 e. The molecule has 122 valence electrons. The molecule has 1 fully saturated rings. The van der Waals surface area contributed by atoms with Crippen molar-refractivity contribution in [3.8, 4) is 0 Å². The van der Waals surface area contributed by atoms with Gasteiger partial charge in [-0.25, -0.2) is 0 Å². The van der Waals surface area contributed by atoms with Gasteiger partial charge in [0.25, 0.3) is 0 Å². The first kappa shape index (κ1) is 17.9. The van der Waals surface area contributed by atoms with Gasteiger partial charge in [0.05, 0.1) is 24.7 Å². The van der Waals surface area contributed by atoms with E-state index in [1.54, 1.807) is 6.92 Å². The number of hydrogen-bond acceptors (Lipinski definition) is 4. The highest BCUT2D eigenvalue weighted by molar-refractivity contribution is 5.79. The van der Waals surface area contributed by atoms with E-state index in [1.165, 1.54) is 13.5 Å². The van der Waals surface area contributed by atoms with Gasteiger partial charge in [0.15, 0.2) is 0 Å². The highest BCUT2D eigenvalue weighted by Crippen LogP contribution is 2.26. The molecule has 3 atom stereocenters. The monoisotopic (exact) mass is 301 g/mol. The van der Waals surface area contributed by atoms with Crippen LogP contribution in [0.1, 0.15) is 46.0 Å². The van der Waals surface area contributed by atoms with Crippen LogP contribution in [0.15, 0.2) is 0 Å². The molecule has 2 N–H and O–H groups in total. The van der Waals surface area contributed by atoms with E-state index in [4.69, 9.17) is 14.6 Å². The molecule has 1 aliphatic carbocycles. The standard InChI is InChI=1S/C15H27NO5/c1-11-6-4-5-7-12(11)21-9-13(17)16-15(2,10-20-3)8-14(18)19/h11-12H,4-10H2,1-3H3,(H,16,17)(H,18,19). The Balaban J connectivity index is 2.44. The number of carbonyl (C=O) groups excluding carboxylic acids is 1. The normalized spacial score (nSPS) is 25.1. The molecule has 6 heteroatoms. The number of nitrogens with one attached hydrogen (secondary N) is 1. The zero-order chi connectivity index (χ0) is 15.9. The Bertz CT molecular complexity index is 360. The maximum atomic E-state index is 12.0. The number of carboxylic acids is 1. The number of hydrogen-bond donors (Lipinski definition) is 2. The third-order valence-electron chi connectivity index (χ3n) is 3.91. The van der Waals surface area contributed by atoms with Crippen molar-refractivity contribution in [2.24, 2.45) is 5.92 Å². The fourth-order valence-electron chi connectivity index (χ4n) is 2.87. The molecule has 0 bridgehead atoms. The van der Waals surface area contributed by atoms with Gasteiger partial charge in [-0.1, -0.05) is 19.8 Å². The molecular formula is C15H27NO5. The van der Waals surface area contributed by atoms with Crippen molar-refractivity contribution in [3.63, 3.8) is 0 Å². The lowest BCUT2D eigenvalue weighted by molar-refractivity contribution is -0.140. The van der Waals surface area contributed by atoms with Crippen molar-refractivity contribution in [3.05, 3.63) is 0 Å². The third-order valence-corrected chi connectivity index (χ3v) is 3.91. The van der Waals surface area contributed by atoms with Crippen LogP contribution in [0.25, 0.3) is 0 Å². The topological polar surface area (TPSA) is 84.9 Å². The summed E-state index contributed by atoms with van der Waals surface area (Å²) in [5.74, 6) is -0.804. The first-order valence-corrected chi connectivity index (χ1v) is 7.49. The van der Waals surface area contributed by atoms with E-state index < -0.39 is 11.5 Å². The molecule has 1 aliphatic rings. The lowest BCUT2D eigenvalue weighted by atomic mass is 9.88. The van der Waals surface area contributed by atoms with Crippen LogP contribution in [-0.4, -0.2) is 48.9 Å². The summed E-state index contributed by atoms with van der Waals surface area (Å²) in [4.78, 5) is 22.9. The number of carboxylic acid groups (broad SMARTS) is 1. The molecule has 1 saturated carbocycles. The minimum Gasteiger partial charge on any atom is -0.481 e. The molecule has 0 spiro atoms. The van der Waals surface area contributed by atoms with Crippen molar-refractivity contribution < 1.29 is 24.2 Å². The molecule has 0 saturated heterocycles. The van der Waals surface area contributed by atoms with E-state index in [2.05, 4.69) is 12.2 Å². The summed E-state index contributed by atoms with van der Waals surface area (Å²) in [5.41, 5.74) is -0.917. The Morgan fingerprint density at radius 2 is 2.00 bits per heavy atom. The third kappa shape index (κ3) is 6.44. The molecule has 0 radical (unpaired) electrons. The molecule has 0 aromatic heterocycles. The first-order valence-electron chi connectivity index (χ1n) is 7.49. The summed E-state index contributed by atoms with van der Waals surface area (Å²) in [5, 5.41) is 11.6. The molecule has 3 unspecified atom stereocenters. The number of ether oxygens (including phenoxy) is 2. The van der Waals surface area contributed by atoms with Crippen LogP contribution in [0.5, 0.6) is 0 Å². The Labute approximate surface area is 126 Å². The average Bonchev–Trinajstić information content (AvgIpc) is 2.36. The minimum absolute atomic E-state index is 0.0338. The van der Waals surface area contributed by atoms with Crippen molar-refractivity contribution in [2.45, 2.75) is 57.6 Å². The van der Waals surface area contributed by atoms with Crippen molar-refractivity contribution in [1.29, 1.82) is 0 Å². The van der Waals surface area contributed by atoms with Crippen LogP contribution in [0.2, 0.25) is 0 Å². The second kappa shape index (κ2) is 8.34. The second-order valence-electron chi connectivity index (χ2n) is 6.22. The van der Waals surface area contributed by atoms with Crippen molar-refractivity contribution >= 4 is 11.9 Å². The van der Waals surface area contributed by atoms with Gasteiger partial charge in [-0.15, -0.1) is 0 Å². The summed E-state index contributed by atoms with van der Waals surface area (Å²) in [6, 6.07) is 0. The molecule has 0 aromatic rings. The lowest BCUT2D eigenvalue weighted by Gasteiger charge is -2.31. The average molecular weight is 301 g/mol. The highest BCUT2D eigenvalue weighted by Gasteiger charge is 2.30. The van der Waals surface area contributed by atoms with Gasteiger partial charge >= 0.3 is 5.97 Å². The Morgan fingerprint density at radius 1 is 1.33 bits per heavy atom. The van der Waals surface area contributed by atoms with Gasteiger partial charge in [0.1, 0.15) is 6.61 Å². The van der Waals surface area contributed by atoms with Crippen LogP contribution in [0.4, 0.5) is 0 Å². The fourth-order valence-corrected chi connectivity index (χ4v) is 2.87. The molecule has 1 rings (SSSR count). The van der Waals surface area contributed by atoms with Gasteiger partial charge in [-0.05, 0) is 25.7 Å². The van der Waals surface area contributed by atoms with E-state index in [0.29, 0.717) is 5.92 Å². The predicted octanol–water partition coefficient (Wildman–Crippen LogP) is 1.58. The number of rotatable bonds is 8. The number of carbonyl (C=O) groups is 2. The summed E-state index contributed by atoms with van der Waals surface area (Å²) < 4.78 is 10.7. The van der Waals surface area contributed by atoms with Gasteiger partial charge in [-0.3, -0.25) is 9.59 Å². The van der Waals surface area contributed by atoms with E-state index in [1.807, 2.05) is 0 Å². The SMILES string of the molecule is COCC(C)(CC(=O)O)NC(=O)COC1CCCCC1C. The van der Waals surface area contributed by atoms with Gasteiger partial charge in [0, 0.05) is 7.11 Å². The van der Waals surface area contributed by atoms with Crippen molar-refractivity contribution in [2.75, 3.05) is 20.3 Å². The number of aliphatic carboxylic acids is 1. The lowest BCUT2D eigenvalue weighted by Crippen LogP contribution is -2.52. The Kier molecular flexibility index (Phi) is 7.11. The molecule has 0 aliphatic heterocycles. The Morgan fingerprint density at radius 3 is 2.57 bits per heavy atom. The van der Waals surface area contributed by atoms with E-state index >= 15 is 0 Å². The van der Waals surface area contributed by atoms with Gasteiger partial charge in [0.2, 0.25) is 5.91 Å². The summed E-state index contributed by atoms with van der Waals surface area (Å²) in [6.07, 6.45) is 4.41. The first-order chi connectivity index (χ1) is 9.86. The van der Waals surface area contributed by atoms with Crippen molar-refractivity contribution in [1.82, 2.24) is 5.32 Å². The summed E-state index contributed by atoms with van der Waals surface area (Å²) >= 11 is 0. The van der Waals surface area contributed by atoms with Gasteiger partial charge in [-0.2, -0.15) is 0 Å². The fraction of sp³-hybridized carbons (Fsp3) is 0.867.